The third-order valence-electron chi connectivity index (χ3n) is 5.78. The van der Waals surface area contributed by atoms with Crippen molar-refractivity contribution < 1.29 is 9.30 Å². The Morgan fingerprint density at radius 3 is 2.48 bits per heavy atom. The maximum atomic E-state index is 14.1. The fraction of sp³-hybridized carbons (Fsp3) is 0.417. The zero-order valence-corrected chi connectivity index (χ0v) is 19.7. The van der Waals surface area contributed by atoms with E-state index in [0.717, 1.165) is 41.7 Å². The van der Waals surface area contributed by atoms with E-state index in [1.165, 1.54) is 5.56 Å². The smallest absolute Gasteiger partial charge is 0.137 e. The minimum Gasteiger partial charge on any atom is -0.496 e. The second kappa shape index (κ2) is 8.97. The topological polar surface area (TPSA) is 67.4 Å². The number of hydrogen-bond acceptors (Lipinski definition) is 6. The van der Waals surface area contributed by atoms with Crippen LogP contribution in [0.3, 0.4) is 0 Å². The van der Waals surface area contributed by atoms with Gasteiger partial charge >= 0.3 is 0 Å². The van der Waals surface area contributed by atoms with Crippen LogP contribution in [0.2, 0.25) is 0 Å². The highest BCUT2D eigenvalue weighted by atomic mass is 31.2. The molecule has 31 heavy (non-hydrogen) atoms. The average Bonchev–Trinajstić information content (AvgIpc) is 2.75. The molecule has 1 aliphatic rings. The van der Waals surface area contributed by atoms with Gasteiger partial charge in [0.15, 0.2) is 0 Å². The summed E-state index contributed by atoms with van der Waals surface area (Å²) in [4.78, 5) is 11.6. The normalized spacial score (nSPS) is 16.5. The number of aromatic nitrogens is 2. The van der Waals surface area contributed by atoms with Gasteiger partial charge in [-0.25, -0.2) is 9.97 Å². The van der Waals surface area contributed by atoms with Gasteiger partial charge in [-0.15, -0.1) is 0 Å². The fourth-order valence-electron chi connectivity index (χ4n) is 4.20. The Morgan fingerprint density at radius 2 is 1.84 bits per heavy atom. The van der Waals surface area contributed by atoms with Gasteiger partial charge < -0.3 is 14.6 Å². The van der Waals surface area contributed by atoms with Gasteiger partial charge in [0.2, 0.25) is 0 Å². The highest BCUT2D eigenvalue weighted by Gasteiger charge is 2.33. The Hall–Kier alpha value is -2.43. The molecule has 0 amide bonds. The van der Waals surface area contributed by atoms with E-state index in [1.54, 1.807) is 7.11 Å². The van der Waals surface area contributed by atoms with E-state index in [-0.39, 0.29) is 6.04 Å². The predicted molar refractivity (Wildman–Crippen MR) is 128 cm³/mol. The molecule has 0 saturated carbocycles. The first-order chi connectivity index (χ1) is 14.9. The van der Waals surface area contributed by atoms with Gasteiger partial charge in [-0.1, -0.05) is 30.3 Å². The number of hydrogen-bond donors (Lipinski definition) is 1. The van der Waals surface area contributed by atoms with E-state index < -0.39 is 7.14 Å². The first-order valence-electron chi connectivity index (χ1n) is 10.9. The van der Waals surface area contributed by atoms with Crippen molar-refractivity contribution in [2.24, 2.45) is 0 Å². The lowest BCUT2D eigenvalue weighted by atomic mass is 10.2. The fourth-order valence-corrected chi connectivity index (χ4v) is 7.04. The van der Waals surface area contributed by atoms with Crippen molar-refractivity contribution in [3.05, 3.63) is 53.9 Å². The maximum absolute atomic E-state index is 14.1. The van der Waals surface area contributed by atoms with E-state index in [2.05, 4.69) is 58.3 Å². The van der Waals surface area contributed by atoms with Crippen molar-refractivity contribution in [3.63, 3.8) is 0 Å². The number of fused-ring (bicyclic) bond motifs is 1. The average molecular weight is 439 g/mol. The van der Waals surface area contributed by atoms with Crippen LogP contribution in [-0.4, -0.2) is 53.4 Å². The Labute approximate surface area is 184 Å². The third kappa shape index (κ3) is 4.76. The van der Waals surface area contributed by atoms with Gasteiger partial charge in [-0.2, -0.15) is 0 Å². The molecule has 6 nitrogen and oxygen atoms in total. The molecule has 3 aromatic rings. The van der Waals surface area contributed by atoms with Gasteiger partial charge in [0.05, 0.1) is 17.9 Å². The number of nitrogens with one attached hydrogen (secondary N) is 1. The molecule has 164 valence electrons. The first kappa shape index (κ1) is 21.8. The van der Waals surface area contributed by atoms with Crippen molar-refractivity contribution >= 4 is 29.2 Å². The summed E-state index contributed by atoms with van der Waals surface area (Å²) in [6, 6.07) is 14.6. The predicted octanol–water partition coefficient (Wildman–Crippen LogP) is 4.27. The zero-order valence-electron chi connectivity index (χ0n) is 18.8. The quantitative estimate of drug-likeness (QED) is 0.580. The van der Waals surface area contributed by atoms with Crippen molar-refractivity contribution in [3.8, 4) is 5.75 Å². The zero-order chi connectivity index (χ0) is 22.0. The standard InChI is InChI=1S/C24H31N4O2P/c1-17(2)25-24-20-14-23(22(30-4)15-21(20)26-18(3)27-24)31(29)12-10-28(11-13-31)16-19-8-6-5-7-9-19/h5-9,14-15,17H,10-13,16H2,1-4H3,(H,25,26,27). The number of aryl methyl sites for hydroxylation is 1. The summed E-state index contributed by atoms with van der Waals surface area (Å²) in [5, 5.41) is 5.13. The van der Waals surface area contributed by atoms with Gasteiger partial charge in [0, 0.05) is 49.5 Å². The SMILES string of the molecule is COc1cc2nc(C)nc(NC(C)C)c2cc1P1(=O)CCN(Cc2ccccc2)CC1. The van der Waals surface area contributed by atoms with Crippen molar-refractivity contribution in [1.29, 1.82) is 0 Å². The molecule has 0 unspecified atom stereocenters. The summed E-state index contributed by atoms with van der Waals surface area (Å²) in [6.07, 6.45) is 1.31. The monoisotopic (exact) mass is 438 g/mol. The molecule has 1 aliphatic heterocycles. The van der Waals surface area contributed by atoms with Gasteiger partial charge in [0.25, 0.3) is 0 Å². The molecule has 0 spiro atoms. The molecular formula is C24H31N4O2P. The van der Waals surface area contributed by atoms with Crippen LogP contribution in [0.25, 0.3) is 10.9 Å². The summed E-state index contributed by atoms with van der Waals surface area (Å²) in [7, 11) is -0.940. The molecule has 1 fully saturated rings. The molecule has 1 N–H and O–H groups in total. The van der Waals surface area contributed by atoms with Crippen LogP contribution < -0.4 is 15.4 Å². The second-order valence-corrected chi connectivity index (χ2v) is 11.7. The molecule has 0 bridgehead atoms. The summed E-state index contributed by atoms with van der Waals surface area (Å²) in [5.41, 5.74) is 2.10. The Morgan fingerprint density at radius 1 is 1.13 bits per heavy atom. The minimum absolute atomic E-state index is 0.236. The summed E-state index contributed by atoms with van der Waals surface area (Å²) in [5.74, 6) is 2.16. The molecule has 7 heteroatoms. The molecular weight excluding hydrogens is 407 g/mol. The largest absolute Gasteiger partial charge is 0.496 e. The van der Waals surface area contributed by atoms with Crippen molar-refractivity contribution in [2.75, 3.05) is 37.8 Å². The number of rotatable bonds is 6. The van der Waals surface area contributed by atoms with Crippen LogP contribution in [0.4, 0.5) is 5.82 Å². The van der Waals surface area contributed by atoms with E-state index in [9.17, 15) is 4.57 Å². The van der Waals surface area contributed by atoms with E-state index in [0.29, 0.717) is 23.9 Å². The lowest BCUT2D eigenvalue weighted by molar-refractivity contribution is 0.288. The van der Waals surface area contributed by atoms with Crippen molar-refractivity contribution in [1.82, 2.24) is 14.9 Å². The van der Waals surface area contributed by atoms with E-state index in [4.69, 9.17) is 4.74 Å². The molecule has 2 heterocycles. The van der Waals surface area contributed by atoms with E-state index in [1.807, 2.05) is 25.1 Å². The molecule has 0 aliphatic carbocycles. The number of methoxy groups -OCH3 is 1. The van der Waals surface area contributed by atoms with Crippen LogP contribution in [0.15, 0.2) is 42.5 Å². The number of nitrogens with zero attached hydrogens (tertiary/aromatic N) is 3. The summed E-state index contributed by atoms with van der Waals surface area (Å²) in [6.45, 7) is 8.57. The Bertz CT molecular complexity index is 1110. The number of ether oxygens (including phenoxy) is 1. The van der Waals surface area contributed by atoms with Crippen LogP contribution in [0.5, 0.6) is 5.75 Å². The molecule has 1 aromatic heterocycles. The number of anilines is 1. The van der Waals surface area contributed by atoms with E-state index >= 15 is 0 Å². The Balaban J connectivity index is 1.65. The Kier molecular flexibility index (Phi) is 6.31. The second-order valence-electron chi connectivity index (χ2n) is 8.56. The lowest BCUT2D eigenvalue weighted by Crippen LogP contribution is -2.36. The number of benzene rings is 2. The van der Waals surface area contributed by atoms with Crippen molar-refractivity contribution in [2.45, 2.75) is 33.4 Å². The minimum atomic E-state index is -2.58. The highest BCUT2D eigenvalue weighted by molar-refractivity contribution is 7.72. The van der Waals surface area contributed by atoms with Gasteiger partial charge in [-0.05, 0) is 32.4 Å². The third-order valence-corrected chi connectivity index (χ3v) is 8.85. The molecule has 0 radical (unpaired) electrons. The van der Waals surface area contributed by atoms with Crippen LogP contribution in [0.1, 0.15) is 25.2 Å². The van der Waals surface area contributed by atoms with Crippen LogP contribution in [-0.2, 0) is 11.1 Å². The molecule has 0 atom stereocenters. The van der Waals surface area contributed by atoms with Gasteiger partial charge in [0.1, 0.15) is 24.5 Å². The summed E-state index contributed by atoms with van der Waals surface area (Å²) < 4.78 is 19.8. The highest BCUT2D eigenvalue weighted by Crippen LogP contribution is 2.49. The molecule has 2 aromatic carbocycles. The summed E-state index contributed by atoms with van der Waals surface area (Å²) >= 11 is 0. The maximum Gasteiger partial charge on any atom is 0.137 e. The van der Waals surface area contributed by atoms with Crippen LogP contribution >= 0.6 is 7.14 Å². The van der Waals surface area contributed by atoms with Gasteiger partial charge in [-0.3, -0.25) is 4.90 Å². The lowest BCUT2D eigenvalue weighted by Gasteiger charge is -2.33. The molecule has 1 saturated heterocycles. The van der Waals surface area contributed by atoms with Crippen LogP contribution in [0, 0.1) is 6.92 Å². The molecule has 4 rings (SSSR count). The first-order valence-corrected chi connectivity index (χ1v) is 12.9.